The van der Waals surface area contributed by atoms with Crippen molar-refractivity contribution in [2.45, 2.75) is 6.54 Å². The Labute approximate surface area is 120 Å². The van der Waals surface area contributed by atoms with E-state index in [1.165, 1.54) is 12.1 Å². The van der Waals surface area contributed by atoms with E-state index in [-0.39, 0.29) is 5.82 Å². The second kappa shape index (κ2) is 5.85. The molecule has 0 aliphatic carbocycles. The van der Waals surface area contributed by atoms with Gasteiger partial charge in [-0.1, -0.05) is 18.2 Å². The zero-order valence-corrected chi connectivity index (χ0v) is 12.0. The number of nitrogens with zero attached hydrogens (tertiary/aromatic N) is 2. The summed E-state index contributed by atoms with van der Waals surface area (Å²) in [6.07, 6.45) is 0. The molecule has 4 heteroatoms. The van der Waals surface area contributed by atoms with Gasteiger partial charge in [0.15, 0.2) is 0 Å². The van der Waals surface area contributed by atoms with Crippen LogP contribution in [0.15, 0.2) is 46.9 Å². The van der Waals surface area contributed by atoms with Gasteiger partial charge in [-0.05, 0) is 45.8 Å². The zero-order chi connectivity index (χ0) is 13.8. The summed E-state index contributed by atoms with van der Waals surface area (Å²) in [4.78, 5) is 1.97. The molecule has 0 saturated carbocycles. The Hall–Kier alpha value is -1.86. The number of rotatable bonds is 3. The summed E-state index contributed by atoms with van der Waals surface area (Å²) >= 11 is 3.37. The molecular weight excluding hydrogens is 307 g/mol. The van der Waals surface area contributed by atoms with Crippen LogP contribution in [0.2, 0.25) is 0 Å². The minimum atomic E-state index is -0.244. The molecule has 0 radical (unpaired) electrons. The van der Waals surface area contributed by atoms with E-state index in [0.29, 0.717) is 12.1 Å². The Morgan fingerprint density at radius 1 is 1.21 bits per heavy atom. The van der Waals surface area contributed by atoms with Crippen LogP contribution in [-0.2, 0) is 6.54 Å². The quantitative estimate of drug-likeness (QED) is 0.852. The molecule has 2 nitrogen and oxygen atoms in total. The molecule has 0 unspecified atom stereocenters. The Morgan fingerprint density at radius 3 is 2.53 bits per heavy atom. The third-order valence-electron chi connectivity index (χ3n) is 2.85. The summed E-state index contributed by atoms with van der Waals surface area (Å²) < 4.78 is 13.6. The molecule has 0 bridgehead atoms. The molecule has 0 aliphatic rings. The van der Waals surface area contributed by atoms with E-state index in [1.807, 2.05) is 30.1 Å². The maximum Gasteiger partial charge on any atom is 0.123 e. The third kappa shape index (κ3) is 3.12. The fourth-order valence-electron chi connectivity index (χ4n) is 1.89. The van der Waals surface area contributed by atoms with Gasteiger partial charge in [0.2, 0.25) is 0 Å². The summed E-state index contributed by atoms with van der Waals surface area (Å²) in [6, 6.07) is 14.2. The topological polar surface area (TPSA) is 27.0 Å². The summed E-state index contributed by atoms with van der Waals surface area (Å²) in [5.41, 5.74) is 2.45. The first-order valence-electron chi connectivity index (χ1n) is 5.76. The molecule has 96 valence electrons. The lowest BCUT2D eigenvalue weighted by molar-refractivity contribution is 0.627. The summed E-state index contributed by atoms with van der Waals surface area (Å²) in [5.74, 6) is -0.244. The normalized spacial score (nSPS) is 10.0. The van der Waals surface area contributed by atoms with E-state index in [9.17, 15) is 9.65 Å². The van der Waals surface area contributed by atoms with Crippen LogP contribution >= 0.6 is 15.9 Å². The first-order chi connectivity index (χ1) is 9.11. The second-order valence-corrected chi connectivity index (χ2v) is 5.08. The highest BCUT2D eigenvalue weighted by Crippen LogP contribution is 2.27. The minimum Gasteiger partial charge on any atom is -0.369 e. The Bertz CT molecular complexity index is 617. The Morgan fingerprint density at radius 2 is 1.89 bits per heavy atom. The zero-order valence-electron chi connectivity index (χ0n) is 10.4. The number of anilines is 1. The van der Waals surface area contributed by atoms with Crippen LogP contribution in [-0.4, -0.2) is 7.05 Å². The fraction of sp³-hybridized carbons (Fsp3) is 0.133. The first-order valence-corrected chi connectivity index (χ1v) is 6.55. The van der Waals surface area contributed by atoms with E-state index >= 15 is 0 Å². The highest BCUT2D eigenvalue weighted by Gasteiger charge is 2.10. The van der Waals surface area contributed by atoms with Gasteiger partial charge < -0.3 is 4.90 Å². The average Bonchev–Trinajstić information content (AvgIpc) is 2.41. The van der Waals surface area contributed by atoms with Crippen molar-refractivity contribution >= 4 is 21.6 Å². The van der Waals surface area contributed by atoms with Crippen molar-refractivity contribution in [1.29, 1.82) is 5.26 Å². The largest absolute Gasteiger partial charge is 0.369 e. The smallest absolute Gasteiger partial charge is 0.123 e. The van der Waals surface area contributed by atoms with Gasteiger partial charge in [-0.2, -0.15) is 5.26 Å². The van der Waals surface area contributed by atoms with Gasteiger partial charge in [-0.15, -0.1) is 0 Å². The minimum absolute atomic E-state index is 0.244. The van der Waals surface area contributed by atoms with Gasteiger partial charge in [0.25, 0.3) is 0 Å². The van der Waals surface area contributed by atoms with E-state index in [4.69, 9.17) is 0 Å². The van der Waals surface area contributed by atoms with Crippen LogP contribution in [0.25, 0.3) is 0 Å². The van der Waals surface area contributed by atoms with Crippen molar-refractivity contribution in [3.8, 4) is 6.07 Å². The van der Waals surface area contributed by atoms with Gasteiger partial charge in [0, 0.05) is 18.1 Å². The Balaban J connectivity index is 2.25. The summed E-state index contributed by atoms with van der Waals surface area (Å²) in [6.45, 7) is 0.616. The van der Waals surface area contributed by atoms with E-state index in [0.717, 1.165) is 15.7 Å². The van der Waals surface area contributed by atoms with Crippen LogP contribution in [0.3, 0.4) is 0 Å². The molecule has 0 spiro atoms. The number of hydrogen-bond acceptors (Lipinski definition) is 2. The Kier molecular flexibility index (Phi) is 4.18. The fourth-order valence-corrected chi connectivity index (χ4v) is 2.33. The van der Waals surface area contributed by atoms with Crippen LogP contribution in [0.1, 0.15) is 11.1 Å². The predicted molar refractivity (Wildman–Crippen MR) is 77.4 cm³/mol. The molecule has 0 atom stereocenters. The van der Waals surface area contributed by atoms with Crippen LogP contribution in [0.5, 0.6) is 0 Å². The molecule has 0 saturated heterocycles. The van der Waals surface area contributed by atoms with E-state index in [2.05, 4.69) is 22.0 Å². The highest BCUT2D eigenvalue weighted by atomic mass is 79.9. The van der Waals surface area contributed by atoms with Crippen molar-refractivity contribution < 1.29 is 4.39 Å². The van der Waals surface area contributed by atoms with Crippen molar-refractivity contribution in [3.63, 3.8) is 0 Å². The van der Waals surface area contributed by atoms with Gasteiger partial charge in [-0.3, -0.25) is 0 Å². The van der Waals surface area contributed by atoms with E-state index in [1.54, 1.807) is 12.1 Å². The van der Waals surface area contributed by atoms with Gasteiger partial charge in [0.05, 0.1) is 11.3 Å². The third-order valence-corrected chi connectivity index (χ3v) is 3.51. The van der Waals surface area contributed by atoms with Crippen LogP contribution in [0, 0.1) is 17.1 Å². The van der Waals surface area contributed by atoms with Crippen molar-refractivity contribution in [3.05, 3.63) is 63.9 Å². The molecule has 0 N–H and O–H groups in total. The van der Waals surface area contributed by atoms with Gasteiger partial charge in [0.1, 0.15) is 11.9 Å². The number of hydrogen-bond donors (Lipinski definition) is 0. The molecule has 2 rings (SSSR count). The highest BCUT2D eigenvalue weighted by molar-refractivity contribution is 9.10. The number of halogens is 2. The first kappa shape index (κ1) is 13.6. The van der Waals surface area contributed by atoms with E-state index < -0.39 is 0 Å². The maximum atomic E-state index is 12.9. The molecule has 0 fully saturated rings. The SMILES string of the molecule is CN(Cc1ccc(F)cc1)c1cccc(Br)c1C#N. The molecule has 19 heavy (non-hydrogen) atoms. The molecular formula is C15H12BrFN2. The molecule has 2 aromatic carbocycles. The summed E-state index contributed by atoms with van der Waals surface area (Å²) in [5, 5.41) is 9.19. The number of nitriles is 1. The van der Waals surface area contributed by atoms with Crippen LogP contribution < -0.4 is 4.90 Å². The van der Waals surface area contributed by atoms with Gasteiger partial charge >= 0.3 is 0 Å². The van der Waals surface area contributed by atoms with Gasteiger partial charge in [-0.25, -0.2) is 4.39 Å². The average molecular weight is 319 g/mol. The molecule has 0 aromatic heterocycles. The number of benzene rings is 2. The molecule has 0 heterocycles. The lowest BCUT2D eigenvalue weighted by Gasteiger charge is -2.21. The second-order valence-electron chi connectivity index (χ2n) is 4.23. The van der Waals surface area contributed by atoms with Crippen molar-refractivity contribution in [2.75, 3.05) is 11.9 Å². The lowest BCUT2D eigenvalue weighted by atomic mass is 10.1. The molecule has 2 aromatic rings. The molecule has 0 amide bonds. The lowest BCUT2D eigenvalue weighted by Crippen LogP contribution is -2.17. The van der Waals surface area contributed by atoms with Crippen LogP contribution in [0.4, 0.5) is 10.1 Å². The van der Waals surface area contributed by atoms with Crippen molar-refractivity contribution in [2.24, 2.45) is 0 Å². The predicted octanol–water partition coefficient (Wildman–Crippen LogP) is 4.10. The van der Waals surface area contributed by atoms with Crippen molar-refractivity contribution in [1.82, 2.24) is 0 Å². The monoisotopic (exact) mass is 318 g/mol. The maximum absolute atomic E-state index is 12.9. The molecule has 0 aliphatic heterocycles. The summed E-state index contributed by atoms with van der Waals surface area (Å²) in [7, 11) is 1.91. The standard InChI is InChI=1S/C15H12BrFN2/c1-19(10-11-5-7-12(17)8-6-11)15-4-2-3-14(16)13(15)9-18/h2-8H,10H2,1H3.